The number of rotatable bonds is 4. The van der Waals surface area contributed by atoms with Crippen LogP contribution in [0.3, 0.4) is 0 Å². The summed E-state index contributed by atoms with van der Waals surface area (Å²) in [6.45, 7) is 0. The van der Waals surface area contributed by atoms with Crippen molar-refractivity contribution in [1.82, 2.24) is 0 Å². The van der Waals surface area contributed by atoms with E-state index in [-0.39, 0.29) is 0 Å². The minimum absolute atomic E-state index is 0.496. The van der Waals surface area contributed by atoms with E-state index in [9.17, 15) is 14.5 Å². The molecule has 0 aliphatic heterocycles. The van der Waals surface area contributed by atoms with E-state index in [4.69, 9.17) is 0 Å². The third kappa shape index (κ3) is 2.88. The van der Waals surface area contributed by atoms with Crippen molar-refractivity contribution >= 4 is 17.1 Å². The topological polar surface area (TPSA) is 46.4 Å². The normalized spacial score (nSPS) is 24.5. The molecule has 0 heterocycles. The van der Waals surface area contributed by atoms with Crippen molar-refractivity contribution in [2.24, 2.45) is 11.8 Å². The van der Waals surface area contributed by atoms with Crippen LogP contribution in [0.4, 0.5) is 21.5 Å². The van der Waals surface area contributed by atoms with Gasteiger partial charge in [0.2, 0.25) is 5.82 Å². The lowest BCUT2D eigenvalue weighted by Crippen LogP contribution is -2.11. The van der Waals surface area contributed by atoms with Gasteiger partial charge in [-0.1, -0.05) is 18.6 Å². The van der Waals surface area contributed by atoms with E-state index in [1.165, 1.54) is 43.4 Å². The first-order valence-corrected chi connectivity index (χ1v) is 8.80. The first-order valence-electron chi connectivity index (χ1n) is 8.80. The zero-order valence-corrected chi connectivity index (χ0v) is 14.2. The number of halogens is 1. The van der Waals surface area contributed by atoms with Gasteiger partial charge in [-0.3, -0.25) is 10.1 Å². The van der Waals surface area contributed by atoms with E-state index in [1.807, 2.05) is 11.9 Å². The van der Waals surface area contributed by atoms with Crippen LogP contribution in [0.2, 0.25) is 0 Å². The van der Waals surface area contributed by atoms with Crippen LogP contribution < -0.4 is 4.90 Å². The number of nitro benzene ring substituents is 1. The van der Waals surface area contributed by atoms with E-state index >= 15 is 0 Å². The van der Waals surface area contributed by atoms with E-state index in [0.29, 0.717) is 11.6 Å². The second kappa shape index (κ2) is 6.14. The molecule has 4 rings (SSSR count). The number of nitro groups is 1. The van der Waals surface area contributed by atoms with Crippen molar-refractivity contribution in [2.45, 2.75) is 31.6 Å². The summed E-state index contributed by atoms with van der Waals surface area (Å²) in [6.07, 6.45) is 5.45. The molecule has 4 nitrogen and oxygen atoms in total. The Morgan fingerprint density at radius 2 is 1.80 bits per heavy atom. The van der Waals surface area contributed by atoms with Crippen molar-refractivity contribution < 1.29 is 9.31 Å². The van der Waals surface area contributed by atoms with Crippen molar-refractivity contribution in [3.8, 4) is 0 Å². The summed E-state index contributed by atoms with van der Waals surface area (Å²) < 4.78 is 13.9. The summed E-state index contributed by atoms with van der Waals surface area (Å²) in [7, 11) is 1.84. The summed E-state index contributed by atoms with van der Waals surface area (Å²) in [5.41, 5.74) is 2.44. The van der Waals surface area contributed by atoms with Gasteiger partial charge < -0.3 is 4.90 Å². The lowest BCUT2D eigenvalue weighted by atomic mass is 9.83. The molecule has 2 aromatic carbocycles. The van der Waals surface area contributed by atoms with Crippen LogP contribution in [0.15, 0.2) is 42.5 Å². The van der Waals surface area contributed by atoms with E-state index in [2.05, 4.69) is 24.3 Å². The van der Waals surface area contributed by atoms with Crippen LogP contribution in [0.1, 0.15) is 37.2 Å². The fourth-order valence-electron chi connectivity index (χ4n) is 4.60. The fraction of sp³-hybridized carbons (Fsp3) is 0.400. The van der Waals surface area contributed by atoms with Crippen molar-refractivity contribution in [2.75, 3.05) is 11.9 Å². The van der Waals surface area contributed by atoms with Gasteiger partial charge in [-0.2, -0.15) is 4.39 Å². The quantitative estimate of drug-likeness (QED) is 0.552. The molecule has 0 amide bonds. The Kier molecular flexibility index (Phi) is 3.94. The molecule has 5 heteroatoms. The van der Waals surface area contributed by atoms with Gasteiger partial charge in [-0.15, -0.1) is 0 Å². The lowest BCUT2D eigenvalue weighted by molar-refractivity contribution is -0.387. The molecule has 3 atom stereocenters. The molecule has 2 bridgehead atoms. The molecule has 2 fully saturated rings. The highest BCUT2D eigenvalue weighted by Gasteiger charge is 2.39. The minimum atomic E-state index is -0.812. The predicted molar refractivity (Wildman–Crippen MR) is 95.7 cm³/mol. The van der Waals surface area contributed by atoms with E-state index < -0.39 is 16.4 Å². The molecule has 2 saturated carbocycles. The van der Waals surface area contributed by atoms with Crippen LogP contribution in [0.5, 0.6) is 0 Å². The van der Waals surface area contributed by atoms with Crippen molar-refractivity contribution in [1.29, 1.82) is 0 Å². The average molecular weight is 340 g/mol. The SMILES string of the molecule is CN(c1ccc(C2CC3CCC2C3)cc1)c1ccc([N+](=O)[O-])c(F)c1. The monoisotopic (exact) mass is 340 g/mol. The molecule has 0 aromatic heterocycles. The molecule has 2 aromatic rings. The average Bonchev–Trinajstić information content (AvgIpc) is 3.24. The summed E-state index contributed by atoms with van der Waals surface area (Å²) >= 11 is 0. The first kappa shape index (κ1) is 16.1. The Morgan fingerprint density at radius 3 is 2.36 bits per heavy atom. The highest BCUT2D eigenvalue weighted by Crippen LogP contribution is 2.52. The van der Waals surface area contributed by atoms with Crippen LogP contribution in [0.25, 0.3) is 0 Å². The molecule has 3 unspecified atom stereocenters. The standard InChI is InChI=1S/C20H21FN2O2/c1-22(17-8-9-20(23(24)25)19(21)12-17)16-6-4-14(5-7-16)18-11-13-2-3-15(18)10-13/h4-9,12-13,15,18H,2-3,10-11H2,1H3. The van der Waals surface area contributed by atoms with Gasteiger partial charge in [-0.05, 0) is 60.8 Å². The summed E-state index contributed by atoms with van der Waals surface area (Å²) in [5.74, 6) is 1.64. The highest BCUT2D eigenvalue weighted by molar-refractivity contribution is 5.64. The molecule has 130 valence electrons. The second-order valence-electron chi connectivity index (χ2n) is 7.32. The van der Waals surface area contributed by atoms with Crippen LogP contribution in [0, 0.1) is 27.8 Å². The Bertz CT molecular complexity index is 806. The maximum atomic E-state index is 13.9. The van der Waals surface area contributed by atoms with Gasteiger partial charge in [0.15, 0.2) is 0 Å². The number of nitrogens with zero attached hydrogens (tertiary/aromatic N) is 2. The van der Waals surface area contributed by atoms with Crippen molar-refractivity contribution in [3.05, 3.63) is 64.0 Å². The highest BCUT2D eigenvalue weighted by atomic mass is 19.1. The van der Waals surface area contributed by atoms with Gasteiger partial charge in [0, 0.05) is 30.6 Å². The number of benzene rings is 2. The maximum Gasteiger partial charge on any atom is 0.304 e. The molecular weight excluding hydrogens is 319 g/mol. The van der Waals surface area contributed by atoms with E-state index in [1.54, 1.807) is 6.07 Å². The molecule has 0 N–H and O–H groups in total. The Hall–Kier alpha value is -2.43. The number of fused-ring (bicyclic) bond motifs is 2. The van der Waals surface area contributed by atoms with E-state index in [0.717, 1.165) is 17.5 Å². The van der Waals surface area contributed by atoms with Gasteiger partial charge in [0.05, 0.1) is 4.92 Å². The lowest BCUT2D eigenvalue weighted by Gasteiger charge is -2.24. The number of hydrogen-bond donors (Lipinski definition) is 0. The Labute approximate surface area is 146 Å². The summed E-state index contributed by atoms with van der Waals surface area (Å²) in [5, 5.41) is 10.7. The second-order valence-corrected chi connectivity index (χ2v) is 7.32. The molecule has 25 heavy (non-hydrogen) atoms. The smallest absolute Gasteiger partial charge is 0.304 e. The molecule has 0 saturated heterocycles. The molecule has 2 aliphatic carbocycles. The number of anilines is 2. The fourth-order valence-corrected chi connectivity index (χ4v) is 4.60. The summed E-state index contributed by atoms with van der Waals surface area (Å²) in [4.78, 5) is 11.9. The zero-order chi connectivity index (χ0) is 17.6. The van der Waals surface area contributed by atoms with Gasteiger partial charge in [0.25, 0.3) is 0 Å². The van der Waals surface area contributed by atoms with Crippen LogP contribution in [-0.4, -0.2) is 12.0 Å². The first-order chi connectivity index (χ1) is 12.0. The summed E-state index contributed by atoms with van der Waals surface area (Å²) in [6, 6.07) is 12.5. The molecular formula is C20H21FN2O2. The third-order valence-corrected chi connectivity index (χ3v) is 5.96. The van der Waals surface area contributed by atoms with Crippen LogP contribution >= 0.6 is 0 Å². The largest absolute Gasteiger partial charge is 0.345 e. The molecule has 0 spiro atoms. The Balaban J connectivity index is 1.53. The predicted octanol–water partition coefficient (Wildman–Crippen LogP) is 5.41. The number of hydrogen-bond acceptors (Lipinski definition) is 3. The van der Waals surface area contributed by atoms with Crippen LogP contribution in [-0.2, 0) is 0 Å². The maximum absolute atomic E-state index is 13.9. The molecule has 0 radical (unpaired) electrons. The van der Waals surface area contributed by atoms with Gasteiger partial charge in [0.1, 0.15) is 0 Å². The molecule has 2 aliphatic rings. The Morgan fingerprint density at radius 1 is 1.08 bits per heavy atom. The van der Waals surface area contributed by atoms with Crippen molar-refractivity contribution in [3.63, 3.8) is 0 Å². The minimum Gasteiger partial charge on any atom is -0.345 e. The van der Waals surface area contributed by atoms with Gasteiger partial charge in [-0.25, -0.2) is 0 Å². The third-order valence-electron chi connectivity index (χ3n) is 5.96. The zero-order valence-electron chi connectivity index (χ0n) is 14.2. The van der Waals surface area contributed by atoms with Gasteiger partial charge >= 0.3 is 5.69 Å².